The van der Waals surface area contributed by atoms with E-state index in [2.05, 4.69) is 21.6 Å². The van der Waals surface area contributed by atoms with Crippen LogP contribution in [-0.2, 0) is 6.42 Å². The van der Waals surface area contributed by atoms with Crippen LogP contribution in [0.3, 0.4) is 0 Å². The summed E-state index contributed by atoms with van der Waals surface area (Å²) in [5, 5.41) is 17.3. The summed E-state index contributed by atoms with van der Waals surface area (Å²) in [6, 6.07) is 1.92. The molecule has 2 aromatic heterocycles. The SMILES string of the molecule is Cc1cn(C2CCCNC2)nc1Cc1cnccc1C(=O)O. The lowest BCUT2D eigenvalue weighted by Crippen LogP contribution is -2.31. The molecule has 1 aliphatic rings. The van der Waals surface area contributed by atoms with Crippen molar-refractivity contribution in [2.45, 2.75) is 32.2 Å². The fraction of sp³-hybridized carbons (Fsp3) is 0.438. The van der Waals surface area contributed by atoms with Crippen molar-refractivity contribution in [3.8, 4) is 0 Å². The van der Waals surface area contributed by atoms with Crippen molar-refractivity contribution >= 4 is 5.97 Å². The number of nitrogens with zero attached hydrogens (tertiary/aromatic N) is 3. The summed E-state index contributed by atoms with van der Waals surface area (Å²) in [6.45, 7) is 4.03. The average Bonchev–Trinajstić information content (AvgIpc) is 2.90. The summed E-state index contributed by atoms with van der Waals surface area (Å²) in [5.41, 5.74) is 3.00. The van der Waals surface area contributed by atoms with Crippen molar-refractivity contribution in [1.29, 1.82) is 0 Å². The number of aromatic nitrogens is 3. The van der Waals surface area contributed by atoms with E-state index in [1.807, 2.05) is 11.6 Å². The summed E-state index contributed by atoms with van der Waals surface area (Å²) in [6.07, 6.45) is 7.96. The quantitative estimate of drug-likeness (QED) is 0.900. The zero-order valence-corrected chi connectivity index (χ0v) is 12.6. The molecule has 0 radical (unpaired) electrons. The molecule has 1 saturated heterocycles. The van der Waals surface area contributed by atoms with Gasteiger partial charge in [-0.25, -0.2) is 4.79 Å². The van der Waals surface area contributed by atoms with Gasteiger partial charge in [-0.15, -0.1) is 0 Å². The molecule has 0 aromatic carbocycles. The fourth-order valence-corrected chi connectivity index (χ4v) is 2.90. The smallest absolute Gasteiger partial charge is 0.336 e. The molecule has 6 heteroatoms. The molecule has 3 rings (SSSR count). The molecule has 0 bridgehead atoms. The highest BCUT2D eigenvalue weighted by Gasteiger charge is 2.18. The van der Waals surface area contributed by atoms with Crippen LogP contribution in [0, 0.1) is 6.92 Å². The van der Waals surface area contributed by atoms with Gasteiger partial charge in [0, 0.05) is 31.6 Å². The summed E-state index contributed by atoms with van der Waals surface area (Å²) in [5.74, 6) is -0.925. The molecule has 0 spiro atoms. The second-order valence-electron chi connectivity index (χ2n) is 5.75. The number of rotatable bonds is 4. The monoisotopic (exact) mass is 300 g/mol. The number of piperidine rings is 1. The van der Waals surface area contributed by atoms with Gasteiger partial charge < -0.3 is 10.4 Å². The highest BCUT2D eigenvalue weighted by molar-refractivity contribution is 5.89. The number of carboxylic acid groups (broad SMARTS) is 1. The van der Waals surface area contributed by atoms with Crippen LogP contribution in [0.1, 0.15) is 46.1 Å². The highest BCUT2D eigenvalue weighted by atomic mass is 16.4. The summed E-state index contributed by atoms with van der Waals surface area (Å²) in [4.78, 5) is 15.3. The Bertz CT molecular complexity index is 675. The Morgan fingerprint density at radius 2 is 2.41 bits per heavy atom. The van der Waals surface area contributed by atoms with E-state index in [-0.39, 0.29) is 0 Å². The second kappa shape index (κ2) is 6.27. The molecule has 2 aromatic rings. The van der Waals surface area contributed by atoms with Crippen molar-refractivity contribution in [1.82, 2.24) is 20.1 Å². The molecular formula is C16H20N4O2. The van der Waals surface area contributed by atoms with E-state index < -0.39 is 5.97 Å². The van der Waals surface area contributed by atoms with Crippen LogP contribution in [0.5, 0.6) is 0 Å². The number of hydrogen-bond acceptors (Lipinski definition) is 4. The van der Waals surface area contributed by atoms with Crippen molar-refractivity contribution in [3.63, 3.8) is 0 Å². The van der Waals surface area contributed by atoms with Crippen LogP contribution in [0.4, 0.5) is 0 Å². The zero-order valence-electron chi connectivity index (χ0n) is 12.6. The zero-order chi connectivity index (χ0) is 15.5. The number of carboxylic acids is 1. The maximum atomic E-state index is 11.3. The molecule has 116 valence electrons. The molecule has 3 heterocycles. The van der Waals surface area contributed by atoms with Crippen LogP contribution in [0.15, 0.2) is 24.7 Å². The minimum absolute atomic E-state index is 0.295. The van der Waals surface area contributed by atoms with Crippen molar-refractivity contribution in [2.75, 3.05) is 13.1 Å². The third-order valence-corrected chi connectivity index (χ3v) is 4.15. The summed E-state index contributed by atoms with van der Waals surface area (Å²) < 4.78 is 2.02. The van der Waals surface area contributed by atoms with Crippen LogP contribution in [-0.4, -0.2) is 38.9 Å². The van der Waals surface area contributed by atoms with E-state index in [0.29, 0.717) is 23.6 Å². The van der Waals surface area contributed by atoms with Crippen LogP contribution >= 0.6 is 0 Å². The third kappa shape index (κ3) is 3.01. The molecule has 2 N–H and O–H groups in total. The van der Waals surface area contributed by atoms with Gasteiger partial charge in [0.1, 0.15) is 0 Å². The van der Waals surface area contributed by atoms with Gasteiger partial charge in [0.2, 0.25) is 0 Å². The van der Waals surface area contributed by atoms with Gasteiger partial charge in [0.05, 0.1) is 17.3 Å². The van der Waals surface area contributed by atoms with Crippen LogP contribution in [0.25, 0.3) is 0 Å². The maximum absolute atomic E-state index is 11.3. The molecule has 22 heavy (non-hydrogen) atoms. The van der Waals surface area contributed by atoms with E-state index in [4.69, 9.17) is 0 Å². The van der Waals surface area contributed by atoms with E-state index in [9.17, 15) is 9.90 Å². The van der Waals surface area contributed by atoms with Crippen molar-refractivity contribution in [2.24, 2.45) is 0 Å². The molecule has 1 atom stereocenters. The Balaban J connectivity index is 1.84. The number of carbonyl (C=O) groups is 1. The Kier molecular flexibility index (Phi) is 4.20. The predicted molar refractivity (Wildman–Crippen MR) is 82.1 cm³/mol. The summed E-state index contributed by atoms with van der Waals surface area (Å²) in [7, 11) is 0. The molecular weight excluding hydrogens is 280 g/mol. The number of aryl methyl sites for hydroxylation is 1. The molecule has 1 aliphatic heterocycles. The standard InChI is InChI=1S/C16H20N4O2/c1-11-10-20(13-3-2-5-17-9-13)19-15(11)7-12-8-18-6-4-14(12)16(21)22/h4,6,8,10,13,17H,2-3,5,7,9H2,1H3,(H,21,22). The first-order chi connectivity index (χ1) is 10.6. The first kappa shape index (κ1) is 14.7. The Morgan fingerprint density at radius 1 is 1.55 bits per heavy atom. The van der Waals surface area contributed by atoms with Crippen LogP contribution < -0.4 is 5.32 Å². The van der Waals surface area contributed by atoms with Gasteiger partial charge in [-0.05, 0) is 43.5 Å². The van der Waals surface area contributed by atoms with Gasteiger partial charge in [-0.3, -0.25) is 9.67 Å². The van der Waals surface area contributed by atoms with E-state index >= 15 is 0 Å². The molecule has 6 nitrogen and oxygen atoms in total. The molecule has 0 amide bonds. The highest BCUT2D eigenvalue weighted by Crippen LogP contribution is 2.20. The minimum atomic E-state index is -0.925. The molecule has 1 fully saturated rings. The normalized spacial score (nSPS) is 18.3. The lowest BCUT2D eigenvalue weighted by atomic mass is 10.0. The molecule has 1 unspecified atom stereocenters. The largest absolute Gasteiger partial charge is 0.478 e. The van der Waals surface area contributed by atoms with E-state index in [1.165, 1.54) is 12.3 Å². The molecule has 0 aliphatic carbocycles. The van der Waals surface area contributed by atoms with Crippen molar-refractivity contribution < 1.29 is 9.90 Å². The first-order valence-electron chi connectivity index (χ1n) is 7.56. The Labute approximate surface area is 129 Å². The lowest BCUT2D eigenvalue weighted by Gasteiger charge is -2.23. The Morgan fingerprint density at radius 3 is 3.14 bits per heavy atom. The lowest BCUT2D eigenvalue weighted by molar-refractivity contribution is 0.0695. The number of nitrogens with one attached hydrogen (secondary N) is 1. The van der Waals surface area contributed by atoms with Gasteiger partial charge in [0.15, 0.2) is 0 Å². The van der Waals surface area contributed by atoms with E-state index in [0.717, 1.165) is 37.2 Å². The predicted octanol–water partition coefficient (Wildman–Crippen LogP) is 1.80. The second-order valence-corrected chi connectivity index (χ2v) is 5.75. The van der Waals surface area contributed by atoms with Crippen molar-refractivity contribution in [3.05, 3.63) is 47.0 Å². The van der Waals surface area contributed by atoms with Gasteiger partial charge in [-0.2, -0.15) is 5.10 Å². The number of aromatic carboxylic acids is 1. The molecule has 0 saturated carbocycles. The van der Waals surface area contributed by atoms with Gasteiger partial charge in [-0.1, -0.05) is 0 Å². The minimum Gasteiger partial charge on any atom is -0.478 e. The van der Waals surface area contributed by atoms with Gasteiger partial charge in [0.25, 0.3) is 0 Å². The number of pyridine rings is 1. The first-order valence-corrected chi connectivity index (χ1v) is 7.56. The summed E-state index contributed by atoms with van der Waals surface area (Å²) >= 11 is 0. The maximum Gasteiger partial charge on any atom is 0.336 e. The topological polar surface area (TPSA) is 80.0 Å². The van der Waals surface area contributed by atoms with E-state index in [1.54, 1.807) is 6.20 Å². The fourth-order valence-electron chi connectivity index (χ4n) is 2.90. The third-order valence-electron chi connectivity index (χ3n) is 4.15. The average molecular weight is 300 g/mol. The van der Waals surface area contributed by atoms with Gasteiger partial charge >= 0.3 is 5.97 Å². The van der Waals surface area contributed by atoms with Crippen LogP contribution in [0.2, 0.25) is 0 Å². The Hall–Kier alpha value is -2.21. The number of hydrogen-bond donors (Lipinski definition) is 2.